The molecular formula is C14H20ClN. The van der Waals surface area contributed by atoms with Crippen LogP contribution in [0.25, 0.3) is 0 Å². The largest absolute Gasteiger partial charge is 0.371 e. The van der Waals surface area contributed by atoms with Crippen molar-refractivity contribution in [2.45, 2.75) is 33.1 Å². The highest BCUT2D eigenvalue weighted by atomic mass is 35.5. The number of nitrogens with zero attached hydrogens (tertiary/aromatic N) is 1. The van der Waals surface area contributed by atoms with E-state index in [9.17, 15) is 0 Å². The van der Waals surface area contributed by atoms with Crippen LogP contribution in [0.3, 0.4) is 0 Å². The van der Waals surface area contributed by atoms with Crippen LogP contribution in [-0.2, 0) is 0 Å². The molecule has 0 saturated carbocycles. The van der Waals surface area contributed by atoms with Crippen molar-refractivity contribution >= 4 is 17.3 Å². The molecule has 0 bridgehead atoms. The quantitative estimate of drug-likeness (QED) is 0.741. The number of rotatable bonds is 2. The van der Waals surface area contributed by atoms with Crippen LogP contribution in [0.4, 0.5) is 5.69 Å². The van der Waals surface area contributed by atoms with E-state index in [1.54, 1.807) is 0 Å². The lowest BCUT2D eigenvalue weighted by atomic mass is 10.0. The Bertz CT molecular complexity index is 373. The summed E-state index contributed by atoms with van der Waals surface area (Å²) in [5.41, 5.74) is 2.52. The van der Waals surface area contributed by atoms with Crippen LogP contribution in [-0.4, -0.2) is 13.1 Å². The molecule has 0 amide bonds. The monoisotopic (exact) mass is 237 g/mol. The molecule has 0 aliphatic carbocycles. The molecule has 0 radical (unpaired) electrons. The van der Waals surface area contributed by atoms with E-state index < -0.39 is 0 Å². The van der Waals surface area contributed by atoms with Crippen molar-refractivity contribution in [2.24, 2.45) is 5.92 Å². The Morgan fingerprint density at radius 3 is 2.62 bits per heavy atom. The molecule has 0 N–H and O–H groups in total. The minimum absolute atomic E-state index is 0.499. The van der Waals surface area contributed by atoms with Gasteiger partial charge in [0.25, 0.3) is 0 Å². The molecule has 1 atom stereocenters. The van der Waals surface area contributed by atoms with Gasteiger partial charge in [-0.1, -0.05) is 38.4 Å². The Hall–Kier alpha value is -0.690. The SMILES string of the molecule is CC1CCN(c2ccc(C(C)C)c(Cl)c2)C1. The third-order valence-corrected chi connectivity index (χ3v) is 3.72. The molecule has 1 unspecified atom stereocenters. The first-order valence-electron chi connectivity index (χ1n) is 6.12. The van der Waals surface area contributed by atoms with Gasteiger partial charge in [0.05, 0.1) is 0 Å². The molecule has 1 aromatic rings. The van der Waals surface area contributed by atoms with Crippen LogP contribution in [0.1, 0.15) is 38.7 Å². The van der Waals surface area contributed by atoms with Crippen molar-refractivity contribution in [3.8, 4) is 0 Å². The summed E-state index contributed by atoms with van der Waals surface area (Å²) in [6.07, 6.45) is 1.30. The fourth-order valence-electron chi connectivity index (χ4n) is 2.35. The second-order valence-electron chi connectivity index (χ2n) is 5.20. The zero-order chi connectivity index (χ0) is 11.7. The second kappa shape index (κ2) is 4.67. The number of hydrogen-bond acceptors (Lipinski definition) is 1. The van der Waals surface area contributed by atoms with Crippen molar-refractivity contribution in [1.29, 1.82) is 0 Å². The van der Waals surface area contributed by atoms with Crippen LogP contribution < -0.4 is 4.90 Å². The summed E-state index contributed by atoms with van der Waals surface area (Å²) < 4.78 is 0. The molecule has 0 spiro atoms. The minimum atomic E-state index is 0.499. The van der Waals surface area contributed by atoms with Crippen LogP contribution in [0.2, 0.25) is 5.02 Å². The molecule has 2 rings (SSSR count). The molecule has 0 aromatic heterocycles. The predicted octanol–water partition coefficient (Wildman–Crippen LogP) is 4.31. The minimum Gasteiger partial charge on any atom is -0.371 e. The molecular weight excluding hydrogens is 218 g/mol. The summed E-state index contributed by atoms with van der Waals surface area (Å²) in [5, 5.41) is 0.909. The maximum atomic E-state index is 6.31. The lowest BCUT2D eigenvalue weighted by Gasteiger charge is -2.20. The third-order valence-electron chi connectivity index (χ3n) is 3.40. The lowest BCUT2D eigenvalue weighted by molar-refractivity contribution is 0.659. The van der Waals surface area contributed by atoms with Crippen molar-refractivity contribution in [3.63, 3.8) is 0 Å². The molecule has 16 heavy (non-hydrogen) atoms. The van der Waals surface area contributed by atoms with Crippen LogP contribution >= 0.6 is 11.6 Å². The third kappa shape index (κ3) is 2.35. The lowest BCUT2D eigenvalue weighted by Crippen LogP contribution is -2.18. The molecule has 1 aliphatic heterocycles. The summed E-state index contributed by atoms with van der Waals surface area (Å²) in [4.78, 5) is 2.43. The zero-order valence-electron chi connectivity index (χ0n) is 10.3. The van der Waals surface area contributed by atoms with E-state index in [0.717, 1.165) is 17.5 Å². The van der Waals surface area contributed by atoms with Crippen LogP contribution in [0, 0.1) is 5.92 Å². The fraction of sp³-hybridized carbons (Fsp3) is 0.571. The number of anilines is 1. The Morgan fingerprint density at radius 2 is 2.12 bits per heavy atom. The van der Waals surface area contributed by atoms with E-state index in [4.69, 9.17) is 11.6 Å². The Labute approximate surface area is 103 Å². The fourth-order valence-corrected chi connectivity index (χ4v) is 2.74. The highest BCUT2D eigenvalue weighted by Crippen LogP contribution is 2.31. The van der Waals surface area contributed by atoms with Crippen molar-refractivity contribution in [2.75, 3.05) is 18.0 Å². The maximum Gasteiger partial charge on any atom is 0.0461 e. The summed E-state index contributed by atoms with van der Waals surface area (Å²) in [7, 11) is 0. The first kappa shape index (κ1) is 11.8. The summed E-state index contributed by atoms with van der Waals surface area (Å²) in [6, 6.07) is 6.50. The molecule has 1 heterocycles. The summed E-state index contributed by atoms with van der Waals surface area (Å²) in [6.45, 7) is 9.00. The van der Waals surface area contributed by atoms with Gasteiger partial charge < -0.3 is 4.90 Å². The van der Waals surface area contributed by atoms with Gasteiger partial charge in [-0.05, 0) is 36.0 Å². The van der Waals surface area contributed by atoms with E-state index in [0.29, 0.717) is 5.92 Å². The Balaban J connectivity index is 2.21. The number of halogens is 1. The van der Waals surface area contributed by atoms with Gasteiger partial charge in [0.2, 0.25) is 0 Å². The Kier molecular flexibility index (Phi) is 3.44. The van der Waals surface area contributed by atoms with E-state index in [-0.39, 0.29) is 0 Å². The van der Waals surface area contributed by atoms with Crippen LogP contribution in [0.5, 0.6) is 0 Å². The van der Waals surface area contributed by atoms with Crippen molar-refractivity contribution in [1.82, 2.24) is 0 Å². The number of hydrogen-bond donors (Lipinski definition) is 0. The first-order chi connectivity index (χ1) is 7.58. The van der Waals surface area contributed by atoms with E-state index in [2.05, 4.69) is 43.9 Å². The maximum absolute atomic E-state index is 6.31. The second-order valence-corrected chi connectivity index (χ2v) is 5.61. The average Bonchev–Trinajstić information content (AvgIpc) is 2.64. The molecule has 1 fully saturated rings. The summed E-state index contributed by atoms with van der Waals surface area (Å²) in [5.74, 6) is 1.31. The van der Waals surface area contributed by atoms with Gasteiger partial charge in [-0.2, -0.15) is 0 Å². The van der Waals surface area contributed by atoms with Gasteiger partial charge in [0.15, 0.2) is 0 Å². The predicted molar refractivity (Wildman–Crippen MR) is 71.5 cm³/mol. The molecule has 1 nitrogen and oxygen atoms in total. The topological polar surface area (TPSA) is 3.24 Å². The highest BCUT2D eigenvalue weighted by molar-refractivity contribution is 6.31. The average molecular weight is 238 g/mol. The first-order valence-corrected chi connectivity index (χ1v) is 6.50. The van der Waals surface area contributed by atoms with E-state index in [1.165, 1.54) is 24.2 Å². The van der Waals surface area contributed by atoms with Crippen LogP contribution in [0.15, 0.2) is 18.2 Å². The van der Waals surface area contributed by atoms with Crippen molar-refractivity contribution in [3.05, 3.63) is 28.8 Å². The zero-order valence-corrected chi connectivity index (χ0v) is 11.1. The smallest absolute Gasteiger partial charge is 0.0461 e. The van der Waals surface area contributed by atoms with Gasteiger partial charge in [-0.25, -0.2) is 0 Å². The van der Waals surface area contributed by atoms with E-state index in [1.807, 2.05) is 0 Å². The normalized spacial score (nSPS) is 20.8. The highest BCUT2D eigenvalue weighted by Gasteiger charge is 2.19. The molecule has 1 aromatic carbocycles. The van der Waals surface area contributed by atoms with Gasteiger partial charge in [0.1, 0.15) is 0 Å². The number of benzene rings is 1. The van der Waals surface area contributed by atoms with Crippen molar-refractivity contribution < 1.29 is 0 Å². The molecule has 1 aliphatic rings. The molecule has 2 heteroatoms. The standard InChI is InChI=1S/C14H20ClN/c1-10(2)13-5-4-12(8-14(13)15)16-7-6-11(3)9-16/h4-5,8,10-11H,6-7,9H2,1-3H3. The summed E-state index contributed by atoms with van der Waals surface area (Å²) >= 11 is 6.31. The van der Waals surface area contributed by atoms with Gasteiger partial charge >= 0.3 is 0 Å². The van der Waals surface area contributed by atoms with E-state index >= 15 is 0 Å². The van der Waals surface area contributed by atoms with Gasteiger partial charge in [-0.3, -0.25) is 0 Å². The van der Waals surface area contributed by atoms with Gasteiger partial charge in [0, 0.05) is 23.8 Å². The molecule has 88 valence electrons. The molecule has 1 saturated heterocycles. The van der Waals surface area contributed by atoms with Gasteiger partial charge in [-0.15, -0.1) is 0 Å². The Morgan fingerprint density at radius 1 is 1.38 bits per heavy atom.